The molecule has 0 saturated heterocycles. The molecule has 4 aliphatic carbocycles. The van der Waals surface area contributed by atoms with Crippen LogP contribution in [0, 0.1) is 44.7 Å². The average molecular weight is 624 g/mol. The minimum absolute atomic E-state index is 0.0632. The second-order valence-corrected chi connectivity index (χ2v) is 14.6. The summed E-state index contributed by atoms with van der Waals surface area (Å²) in [5.41, 5.74) is 1.95. The van der Waals surface area contributed by atoms with Gasteiger partial charge >= 0.3 is 27.2 Å². The fourth-order valence-electron chi connectivity index (χ4n) is 7.14. The summed E-state index contributed by atoms with van der Waals surface area (Å²) in [5.74, 6) is 4.75. The van der Waals surface area contributed by atoms with Crippen molar-refractivity contribution in [3.63, 3.8) is 0 Å². The van der Waals surface area contributed by atoms with Gasteiger partial charge in [0, 0.05) is 0 Å². The first-order valence-electron chi connectivity index (χ1n) is 13.8. The van der Waals surface area contributed by atoms with E-state index in [1.165, 1.54) is 39.2 Å². The Morgan fingerprint density at radius 2 is 1.39 bits per heavy atom. The van der Waals surface area contributed by atoms with Crippen LogP contribution in [0.3, 0.4) is 0 Å². The maximum absolute atomic E-state index is 12.8. The van der Waals surface area contributed by atoms with Gasteiger partial charge in [-0.1, -0.05) is 18.2 Å². The van der Waals surface area contributed by atoms with Gasteiger partial charge in [-0.25, -0.2) is 4.79 Å². The van der Waals surface area contributed by atoms with Gasteiger partial charge in [-0.2, -0.15) is 0 Å². The van der Waals surface area contributed by atoms with Crippen LogP contribution >= 0.6 is 0 Å². The first kappa shape index (κ1) is 25.7. The highest BCUT2D eigenvalue weighted by Gasteiger charge is 2.57. The van der Waals surface area contributed by atoms with Crippen LogP contribution in [0.25, 0.3) is 0 Å². The maximum atomic E-state index is 12.8. The van der Waals surface area contributed by atoms with E-state index in [-0.39, 0.29) is 39.4 Å². The molecule has 0 atom stereocenters. The van der Waals surface area contributed by atoms with Crippen LogP contribution in [-0.2, 0) is 9.53 Å². The van der Waals surface area contributed by atoms with E-state index in [0.717, 1.165) is 34.5 Å². The van der Waals surface area contributed by atoms with Crippen molar-refractivity contribution in [2.45, 2.75) is 58.5 Å². The van der Waals surface area contributed by atoms with Gasteiger partial charge in [0.25, 0.3) is 0 Å². The molecule has 4 nitrogen and oxygen atoms in total. The number of benzene rings is 3. The summed E-state index contributed by atoms with van der Waals surface area (Å²) >= 11 is -0.216. The molecular weight excluding hydrogens is 587 g/mol. The Morgan fingerprint density at radius 1 is 0.816 bits per heavy atom. The molecule has 4 aliphatic rings. The molecular formula is C33H36IO4+. The second kappa shape index (κ2) is 10.6. The fourth-order valence-corrected chi connectivity index (χ4v) is 9.88. The Hall–Kier alpha value is -2.54. The third-order valence-electron chi connectivity index (χ3n) is 8.87. The van der Waals surface area contributed by atoms with Crippen molar-refractivity contribution in [2.24, 2.45) is 23.7 Å². The van der Waals surface area contributed by atoms with Gasteiger partial charge in [0.2, 0.25) is 0 Å². The lowest BCUT2D eigenvalue weighted by Gasteiger charge is -2.59. The smallest absolute Gasteiger partial charge is 0.357 e. The summed E-state index contributed by atoms with van der Waals surface area (Å²) in [5, 5.41) is 0. The Labute approximate surface area is 236 Å². The minimum atomic E-state index is -0.320. The molecule has 38 heavy (non-hydrogen) atoms. The molecule has 198 valence electrons. The van der Waals surface area contributed by atoms with Crippen LogP contribution in [0.2, 0.25) is 0 Å². The zero-order valence-electron chi connectivity index (χ0n) is 22.4. The van der Waals surface area contributed by atoms with Crippen molar-refractivity contribution in [1.29, 1.82) is 0 Å². The minimum Gasteiger partial charge on any atom is -0.482 e. The number of hydrogen-bond acceptors (Lipinski definition) is 4. The van der Waals surface area contributed by atoms with Gasteiger partial charge in [-0.3, -0.25) is 0 Å². The van der Waals surface area contributed by atoms with E-state index in [0.29, 0.717) is 17.6 Å². The number of carbonyl (C=O) groups is 1. The molecule has 5 heteroatoms. The molecule has 4 saturated carbocycles. The SMILES string of the molecule is Cc1cc([I+]c2ccccc2)cc(C)c1Oc1ccc(OCC(=O)OC2(C)C3CC4CC(C3)CC2C4)cc1. The zero-order chi connectivity index (χ0) is 26.3. The molecule has 0 amide bonds. The van der Waals surface area contributed by atoms with E-state index in [1.54, 1.807) is 0 Å². The summed E-state index contributed by atoms with van der Waals surface area (Å²) < 4.78 is 21.0. The van der Waals surface area contributed by atoms with Gasteiger partial charge in [0.1, 0.15) is 22.8 Å². The van der Waals surface area contributed by atoms with E-state index in [9.17, 15) is 4.79 Å². The molecule has 7 rings (SSSR count). The Morgan fingerprint density at radius 3 is 2.00 bits per heavy atom. The monoisotopic (exact) mass is 623 g/mol. The number of aryl methyl sites for hydroxylation is 2. The zero-order valence-corrected chi connectivity index (χ0v) is 24.6. The lowest BCUT2D eigenvalue weighted by atomic mass is 9.50. The van der Waals surface area contributed by atoms with Crippen molar-refractivity contribution in [1.82, 2.24) is 0 Å². The lowest BCUT2D eigenvalue weighted by molar-refractivity contribution is -0.597. The summed E-state index contributed by atoms with van der Waals surface area (Å²) in [7, 11) is 0. The molecule has 0 aliphatic heterocycles. The van der Waals surface area contributed by atoms with E-state index < -0.39 is 0 Å². The fraction of sp³-hybridized carbons (Fsp3) is 0.424. The van der Waals surface area contributed by atoms with Crippen molar-refractivity contribution < 1.29 is 40.2 Å². The summed E-state index contributed by atoms with van der Waals surface area (Å²) in [6.07, 6.45) is 6.26. The molecule has 0 spiro atoms. The van der Waals surface area contributed by atoms with Crippen molar-refractivity contribution in [3.05, 3.63) is 85.0 Å². The van der Waals surface area contributed by atoms with Gasteiger partial charge in [0.05, 0.1) is 0 Å². The molecule has 3 aromatic rings. The molecule has 0 radical (unpaired) electrons. The number of halogens is 1. The molecule has 4 fully saturated rings. The van der Waals surface area contributed by atoms with Gasteiger partial charge in [0.15, 0.2) is 13.7 Å². The molecule has 0 N–H and O–H groups in total. The molecule has 0 unspecified atom stereocenters. The molecule has 3 aromatic carbocycles. The molecule has 0 heterocycles. The highest BCUT2D eigenvalue weighted by Crippen LogP contribution is 2.59. The highest BCUT2D eigenvalue weighted by molar-refractivity contribution is 5.71. The van der Waals surface area contributed by atoms with E-state index in [2.05, 4.69) is 63.2 Å². The normalized spacial score (nSPS) is 27.2. The van der Waals surface area contributed by atoms with Crippen molar-refractivity contribution in [2.75, 3.05) is 6.61 Å². The predicted octanol–water partition coefficient (Wildman–Crippen LogP) is 4.36. The van der Waals surface area contributed by atoms with E-state index in [1.807, 2.05) is 24.3 Å². The summed E-state index contributed by atoms with van der Waals surface area (Å²) in [6, 6.07) is 22.7. The van der Waals surface area contributed by atoms with E-state index in [4.69, 9.17) is 14.2 Å². The van der Waals surface area contributed by atoms with Crippen LogP contribution < -0.4 is 30.7 Å². The van der Waals surface area contributed by atoms with Gasteiger partial charge in [-0.05, 0) is 136 Å². The number of hydrogen-bond donors (Lipinski definition) is 0. The highest BCUT2D eigenvalue weighted by atomic mass is 127. The Balaban J connectivity index is 1.04. The maximum Gasteiger partial charge on any atom is 0.357 e. The van der Waals surface area contributed by atoms with Gasteiger partial charge in [-0.15, -0.1) is 0 Å². The molecule has 4 bridgehead atoms. The number of carbonyl (C=O) groups excluding carboxylic acids is 1. The van der Waals surface area contributed by atoms with Crippen LogP contribution in [-0.4, -0.2) is 18.2 Å². The third-order valence-corrected chi connectivity index (χ3v) is 11.5. The Kier molecular flexibility index (Phi) is 7.14. The number of ether oxygens (including phenoxy) is 3. The van der Waals surface area contributed by atoms with E-state index >= 15 is 0 Å². The second-order valence-electron chi connectivity index (χ2n) is 11.6. The number of esters is 1. The van der Waals surface area contributed by atoms with Crippen LogP contribution in [0.4, 0.5) is 0 Å². The Bertz CT molecular complexity index is 1250. The third kappa shape index (κ3) is 5.31. The average Bonchev–Trinajstić information content (AvgIpc) is 2.89. The van der Waals surface area contributed by atoms with Crippen LogP contribution in [0.15, 0.2) is 66.7 Å². The van der Waals surface area contributed by atoms with Crippen molar-refractivity contribution in [3.8, 4) is 17.2 Å². The predicted molar refractivity (Wildman–Crippen MR) is 143 cm³/mol. The van der Waals surface area contributed by atoms with Crippen molar-refractivity contribution >= 4 is 5.97 Å². The topological polar surface area (TPSA) is 44.8 Å². The quantitative estimate of drug-likeness (QED) is 0.277. The molecule has 0 aromatic heterocycles. The first-order chi connectivity index (χ1) is 18.4. The van der Waals surface area contributed by atoms with Crippen LogP contribution in [0.1, 0.15) is 50.2 Å². The largest absolute Gasteiger partial charge is 0.482 e. The first-order valence-corrected chi connectivity index (χ1v) is 15.9. The van der Waals surface area contributed by atoms with Crippen LogP contribution in [0.5, 0.6) is 17.2 Å². The number of rotatable bonds is 8. The lowest BCUT2D eigenvalue weighted by Crippen LogP contribution is -3.61. The van der Waals surface area contributed by atoms with Gasteiger partial charge < -0.3 is 14.2 Å². The standard InChI is InChI=1S/C33H36IO4/c1-21-13-28(34-27-7-5-4-6-8-27)14-22(2)32(21)37-30-11-9-29(10-12-30)36-20-31(35)38-33(3)25-16-23-15-24(18-25)19-26(33)17-23/h4-14,23-26H,15-20H2,1-3H3/q+1. The summed E-state index contributed by atoms with van der Waals surface area (Å²) in [6.45, 7) is 6.32. The summed E-state index contributed by atoms with van der Waals surface area (Å²) in [4.78, 5) is 12.8.